The Labute approximate surface area is 153 Å². The van der Waals surface area contributed by atoms with Gasteiger partial charge in [-0.05, 0) is 52.3 Å². The van der Waals surface area contributed by atoms with Crippen LogP contribution in [0.2, 0.25) is 0 Å². The topological polar surface area (TPSA) is 59.2 Å². The van der Waals surface area contributed by atoms with Gasteiger partial charge in [-0.1, -0.05) is 0 Å². The van der Waals surface area contributed by atoms with Crippen molar-refractivity contribution in [1.82, 2.24) is 4.98 Å². The standard InChI is InChI=1S/C17H12BrNO3S2/c1-22-12-4-2-10(3-5-12)14(20)8-16-19-17(21)15(24-16)7-13-6-11(18)9-23-13/h2-9H,1H3,(H,19,21). The first-order valence-corrected chi connectivity index (χ1v) is 9.39. The van der Waals surface area contributed by atoms with Gasteiger partial charge in [0, 0.05) is 26.4 Å². The number of halogens is 1. The first-order valence-electron chi connectivity index (χ1n) is 6.90. The van der Waals surface area contributed by atoms with Gasteiger partial charge in [0.25, 0.3) is 5.56 Å². The Morgan fingerprint density at radius 2 is 2.04 bits per heavy atom. The molecule has 1 N–H and O–H groups in total. The summed E-state index contributed by atoms with van der Waals surface area (Å²) in [6.07, 6.45) is 3.25. The lowest BCUT2D eigenvalue weighted by atomic mass is 10.1. The number of methoxy groups -OCH3 is 1. The first-order chi connectivity index (χ1) is 11.5. The second-order valence-electron chi connectivity index (χ2n) is 4.83. The van der Waals surface area contributed by atoms with Crippen LogP contribution in [0.15, 0.2) is 45.0 Å². The van der Waals surface area contributed by atoms with Gasteiger partial charge < -0.3 is 9.72 Å². The summed E-state index contributed by atoms with van der Waals surface area (Å²) in [5.74, 6) is 0.524. The van der Waals surface area contributed by atoms with E-state index in [1.807, 2.05) is 17.5 Å². The molecular weight excluding hydrogens is 410 g/mol. The molecule has 3 aromatic rings. The van der Waals surface area contributed by atoms with Gasteiger partial charge in [0.15, 0.2) is 5.78 Å². The summed E-state index contributed by atoms with van der Waals surface area (Å²) in [4.78, 5) is 28.0. The van der Waals surface area contributed by atoms with Crippen LogP contribution in [-0.4, -0.2) is 17.9 Å². The van der Waals surface area contributed by atoms with Gasteiger partial charge in [-0.15, -0.1) is 22.7 Å². The van der Waals surface area contributed by atoms with Crippen molar-refractivity contribution in [3.05, 3.63) is 70.2 Å². The van der Waals surface area contributed by atoms with E-state index in [0.29, 0.717) is 20.5 Å². The fourth-order valence-electron chi connectivity index (χ4n) is 2.02. The number of benzene rings is 1. The highest BCUT2D eigenvalue weighted by Gasteiger charge is 2.04. The molecule has 7 heteroatoms. The first kappa shape index (κ1) is 16.9. The van der Waals surface area contributed by atoms with Crippen molar-refractivity contribution in [3.8, 4) is 5.75 Å². The molecule has 0 aliphatic rings. The lowest BCUT2D eigenvalue weighted by molar-refractivity contribution is 0.106. The zero-order chi connectivity index (χ0) is 17.1. The molecule has 1 aromatic carbocycles. The minimum Gasteiger partial charge on any atom is -0.497 e. The molecule has 0 bridgehead atoms. The second kappa shape index (κ2) is 7.29. The molecular formula is C17H12BrNO3S2. The number of ether oxygens (including phenoxy) is 1. The van der Waals surface area contributed by atoms with Crippen molar-refractivity contribution in [3.63, 3.8) is 0 Å². The van der Waals surface area contributed by atoms with Gasteiger partial charge in [0.2, 0.25) is 0 Å². The van der Waals surface area contributed by atoms with E-state index < -0.39 is 0 Å². The van der Waals surface area contributed by atoms with Crippen LogP contribution in [0.3, 0.4) is 0 Å². The molecule has 0 amide bonds. The van der Waals surface area contributed by atoms with Crippen LogP contribution in [0.5, 0.6) is 5.75 Å². The normalized spacial score (nSPS) is 12.6. The quantitative estimate of drug-likeness (QED) is 0.658. The van der Waals surface area contributed by atoms with Crippen LogP contribution in [0, 0.1) is 0 Å². The number of aromatic amines is 1. The zero-order valence-electron chi connectivity index (χ0n) is 12.5. The monoisotopic (exact) mass is 421 g/mol. The summed E-state index contributed by atoms with van der Waals surface area (Å²) in [6.45, 7) is 0. The van der Waals surface area contributed by atoms with Crippen molar-refractivity contribution < 1.29 is 9.53 Å². The fraction of sp³-hybridized carbons (Fsp3) is 0.0588. The van der Waals surface area contributed by atoms with E-state index in [4.69, 9.17) is 4.74 Å². The lowest BCUT2D eigenvalue weighted by Crippen LogP contribution is -2.19. The summed E-state index contributed by atoms with van der Waals surface area (Å²) in [6, 6.07) is 8.78. The Balaban J connectivity index is 1.93. The van der Waals surface area contributed by atoms with Crippen molar-refractivity contribution in [2.45, 2.75) is 0 Å². The molecule has 122 valence electrons. The molecule has 0 aliphatic heterocycles. The second-order valence-corrected chi connectivity index (χ2v) is 7.78. The number of nitrogens with one attached hydrogen (secondary N) is 1. The average Bonchev–Trinajstić information content (AvgIpc) is 3.13. The van der Waals surface area contributed by atoms with Crippen molar-refractivity contribution in [2.24, 2.45) is 0 Å². The number of hydrogen-bond donors (Lipinski definition) is 1. The van der Waals surface area contributed by atoms with E-state index in [0.717, 1.165) is 9.35 Å². The van der Waals surface area contributed by atoms with Crippen molar-refractivity contribution in [2.75, 3.05) is 7.11 Å². The van der Waals surface area contributed by atoms with Gasteiger partial charge in [0.05, 0.1) is 16.3 Å². The molecule has 3 rings (SSSR count). The smallest absolute Gasteiger partial charge is 0.266 e. The van der Waals surface area contributed by atoms with E-state index in [-0.39, 0.29) is 11.3 Å². The zero-order valence-corrected chi connectivity index (χ0v) is 15.8. The van der Waals surface area contributed by atoms with Gasteiger partial charge >= 0.3 is 0 Å². The van der Waals surface area contributed by atoms with Gasteiger partial charge in [-0.3, -0.25) is 9.59 Å². The fourth-order valence-corrected chi connectivity index (χ4v) is 4.34. The Morgan fingerprint density at radius 3 is 2.67 bits per heavy atom. The van der Waals surface area contributed by atoms with E-state index in [1.54, 1.807) is 31.4 Å². The number of Topliss-reactive ketones (excluding diaryl/α,β-unsaturated/α-hetero) is 1. The minimum absolute atomic E-state index is 0.166. The number of thiophene rings is 1. The number of thiazole rings is 1. The maximum absolute atomic E-state index is 12.3. The summed E-state index contributed by atoms with van der Waals surface area (Å²) in [5, 5.41) is 1.95. The average molecular weight is 422 g/mol. The number of carbonyl (C=O) groups excluding carboxylic acids is 1. The third-order valence-electron chi connectivity index (χ3n) is 3.18. The van der Waals surface area contributed by atoms with Gasteiger partial charge in [-0.25, -0.2) is 0 Å². The molecule has 0 aliphatic carbocycles. The largest absolute Gasteiger partial charge is 0.497 e. The van der Waals surface area contributed by atoms with E-state index >= 15 is 0 Å². The third kappa shape index (κ3) is 3.92. The van der Waals surface area contributed by atoms with Crippen LogP contribution < -0.4 is 19.5 Å². The van der Waals surface area contributed by atoms with Gasteiger partial charge in [-0.2, -0.15) is 0 Å². The van der Waals surface area contributed by atoms with E-state index in [2.05, 4.69) is 20.9 Å². The molecule has 2 aromatic heterocycles. The molecule has 0 unspecified atom stereocenters. The number of hydrogen-bond acceptors (Lipinski definition) is 5. The minimum atomic E-state index is -0.196. The molecule has 4 nitrogen and oxygen atoms in total. The number of carbonyl (C=O) groups is 1. The summed E-state index contributed by atoms with van der Waals surface area (Å²) in [5.41, 5.74) is 0.344. The SMILES string of the molecule is COc1ccc(C(=O)C=c2[nH]c(=O)c(=Cc3cc(Br)cs3)s2)cc1. The molecule has 0 atom stereocenters. The van der Waals surface area contributed by atoms with Crippen LogP contribution in [-0.2, 0) is 0 Å². The Morgan fingerprint density at radius 1 is 1.29 bits per heavy atom. The lowest BCUT2D eigenvalue weighted by Gasteiger charge is -1.99. The molecule has 0 saturated carbocycles. The van der Waals surface area contributed by atoms with Gasteiger partial charge in [0.1, 0.15) is 5.75 Å². The number of aromatic nitrogens is 1. The maximum atomic E-state index is 12.3. The molecule has 0 saturated heterocycles. The number of rotatable bonds is 4. The summed E-state index contributed by atoms with van der Waals surface area (Å²) in [7, 11) is 1.57. The van der Waals surface area contributed by atoms with Crippen molar-refractivity contribution >= 4 is 56.5 Å². The third-order valence-corrected chi connectivity index (χ3v) is 5.78. The Hall–Kier alpha value is -1.96. The van der Waals surface area contributed by atoms with E-state index in [9.17, 15) is 9.59 Å². The molecule has 0 fully saturated rings. The highest BCUT2D eigenvalue weighted by atomic mass is 79.9. The molecule has 0 spiro atoms. The molecule has 2 heterocycles. The van der Waals surface area contributed by atoms with Crippen molar-refractivity contribution in [1.29, 1.82) is 0 Å². The van der Waals surface area contributed by atoms with E-state index in [1.165, 1.54) is 28.7 Å². The maximum Gasteiger partial charge on any atom is 0.266 e. The molecule has 24 heavy (non-hydrogen) atoms. The molecule has 0 radical (unpaired) electrons. The highest BCUT2D eigenvalue weighted by Crippen LogP contribution is 2.19. The predicted molar refractivity (Wildman–Crippen MR) is 102 cm³/mol. The summed E-state index contributed by atoms with van der Waals surface area (Å²) >= 11 is 6.19. The highest BCUT2D eigenvalue weighted by molar-refractivity contribution is 9.10. The number of H-pyrrole nitrogens is 1. The number of ketones is 1. The van der Waals surface area contributed by atoms with Crippen LogP contribution in [0.25, 0.3) is 12.2 Å². The van der Waals surface area contributed by atoms with Crippen LogP contribution in [0.4, 0.5) is 0 Å². The Kier molecular flexibility index (Phi) is 5.13. The predicted octanol–water partition coefficient (Wildman–Crippen LogP) is 2.76. The van der Waals surface area contributed by atoms with Crippen LogP contribution >= 0.6 is 38.6 Å². The Bertz CT molecular complexity index is 1040. The van der Waals surface area contributed by atoms with Crippen LogP contribution in [0.1, 0.15) is 15.2 Å². The summed E-state index contributed by atoms with van der Waals surface area (Å²) < 4.78 is 7.15.